The van der Waals surface area contributed by atoms with E-state index in [0.29, 0.717) is 22.7 Å². The van der Waals surface area contributed by atoms with Crippen molar-refractivity contribution in [1.29, 1.82) is 0 Å². The Labute approximate surface area is 208 Å². The Kier molecular flexibility index (Phi) is 7.77. The molecule has 4 rings (SSSR count). The number of hydrogen-bond acceptors (Lipinski definition) is 6. The highest BCUT2D eigenvalue weighted by Gasteiger charge is 2.09. The van der Waals surface area contributed by atoms with Crippen molar-refractivity contribution in [2.75, 3.05) is 12.4 Å². The summed E-state index contributed by atoms with van der Waals surface area (Å²) in [5.41, 5.74) is 3.14. The normalized spacial score (nSPS) is 10.7. The van der Waals surface area contributed by atoms with Crippen LogP contribution in [0.2, 0.25) is 0 Å². The van der Waals surface area contributed by atoms with E-state index in [9.17, 15) is 9.59 Å². The molecular formula is C28H25N3O5. The smallest absolute Gasteiger partial charge is 0.308 e. The second kappa shape index (κ2) is 11.5. The number of hydrogen-bond donors (Lipinski definition) is 1. The second-order valence-electron chi connectivity index (χ2n) is 7.74. The van der Waals surface area contributed by atoms with Crippen LogP contribution in [0.4, 0.5) is 5.69 Å². The van der Waals surface area contributed by atoms with Crippen LogP contribution in [0.15, 0.2) is 91.5 Å². The minimum Gasteiger partial charge on any atom is -0.493 e. The van der Waals surface area contributed by atoms with E-state index in [2.05, 4.69) is 10.3 Å². The van der Waals surface area contributed by atoms with E-state index in [-0.39, 0.29) is 18.3 Å². The standard InChI is InChI=1S/C28H25N3O5/c1-20(32)36-27-17-21(7-13-26(27)34-2)8-14-28(33)30-25-6-4-3-5-22(25)18-35-24-11-9-23(10-12-24)31-16-15-29-19-31/h3-17,19H,18H2,1-2H3,(H,30,33)/b14-8+. The number of anilines is 1. The highest BCUT2D eigenvalue weighted by molar-refractivity contribution is 6.02. The predicted molar refractivity (Wildman–Crippen MR) is 136 cm³/mol. The number of rotatable bonds is 9. The van der Waals surface area contributed by atoms with Gasteiger partial charge in [-0.25, -0.2) is 4.98 Å². The van der Waals surface area contributed by atoms with E-state index < -0.39 is 5.97 Å². The van der Waals surface area contributed by atoms with Crippen LogP contribution >= 0.6 is 0 Å². The molecule has 0 saturated heterocycles. The Morgan fingerprint density at radius 3 is 2.56 bits per heavy atom. The fraction of sp³-hybridized carbons (Fsp3) is 0.107. The fourth-order valence-corrected chi connectivity index (χ4v) is 3.43. The lowest BCUT2D eigenvalue weighted by atomic mass is 10.1. The number of nitrogens with one attached hydrogen (secondary N) is 1. The maximum atomic E-state index is 12.6. The molecule has 0 radical (unpaired) electrons. The van der Waals surface area contributed by atoms with Crippen LogP contribution in [0.3, 0.4) is 0 Å². The van der Waals surface area contributed by atoms with Gasteiger partial charge in [0.05, 0.1) is 13.4 Å². The number of benzene rings is 3. The maximum Gasteiger partial charge on any atom is 0.308 e. The molecule has 8 heteroatoms. The summed E-state index contributed by atoms with van der Waals surface area (Å²) < 4.78 is 18.2. The Morgan fingerprint density at radius 2 is 1.83 bits per heavy atom. The van der Waals surface area contributed by atoms with Crippen molar-refractivity contribution in [2.45, 2.75) is 13.5 Å². The van der Waals surface area contributed by atoms with Crippen LogP contribution in [-0.4, -0.2) is 28.5 Å². The predicted octanol–water partition coefficient (Wildman–Crippen LogP) is 5.04. The van der Waals surface area contributed by atoms with Gasteiger partial charge in [-0.15, -0.1) is 0 Å². The van der Waals surface area contributed by atoms with Gasteiger partial charge in [0.25, 0.3) is 0 Å². The van der Waals surface area contributed by atoms with Gasteiger partial charge in [-0.3, -0.25) is 9.59 Å². The van der Waals surface area contributed by atoms with Crippen LogP contribution < -0.4 is 19.5 Å². The molecule has 0 aliphatic carbocycles. The van der Waals surface area contributed by atoms with Crippen molar-refractivity contribution in [3.8, 4) is 22.9 Å². The van der Waals surface area contributed by atoms with E-state index in [1.165, 1.54) is 20.1 Å². The summed E-state index contributed by atoms with van der Waals surface area (Å²) >= 11 is 0. The van der Waals surface area contributed by atoms with E-state index in [1.807, 2.05) is 59.3 Å². The SMILES string of the molecule is COc1ccc(/C=C/C(=O)Nc2ccccc2COc2ccc(-n3ccnc3)cc2)cc1OC(C)=O. The van der Waals surface area contributed by atoms with Gasteiger partial charge in [-0.2, -0.15) is 0 Å². The number of imidazole rings is 1. The number of esters is 1. The Morgan fingerprint density at radius 1 is 1.03 bits per heavy atom. The summed E-state index contributed by atoms with van der Waals surface area (Å²) in [6.07, 6.45) is 8.37. The quantitative estimate of drug-likeness (QED) is 0.204. The third-order valence-corrected chi connectivity index (χ3v) is 5.18. The molecule has 0 aliphatic heterocycles. The number of carbonyl (C=O) groups is 2. The zero-order chi connectivity index (χ0) is 25.3. The molecule has 182 valence electrons. The molecule has 4 aromatic rings. The third kappa shape index (κ3) is 6.38. The minimum absolute atomic E-state index is 0.285. The van der Waals surface area contributed by atoms with Crippen molar-refractivity contribution in [1.82, 2.24) is 9.55 Å². The van der Waals surface area contributed by atoms with Gasteiger partial charge in [0.1, 0.15) is 12.4 Å². The van der Waals surface area contributed by atoms with E-state index in [4.69, 9.17) is 14.2 Å². The van der Waals surface area contributed by atoms with Gasteiger partial charge in [-0.1, -0.05) is 24.3 Å². The molecule has 1 amide bonds. The molecule has 1 heterocycles. The molecule has 0 saturated carbocycles. The van der Waals surface area contributed by atoms with Crippen molar-refractivity contribution in [3.63, 3.8) is 0 Å². The molecule has 0 fully saturated rings. The van der Waals surface area contributed by atoms with Crippen molar-refractivity contribution in [2.24, 2.45) is 0 Å². The Balaban J connectivity index is 1.39. The largest absolute Gasteiger partial charge is 0.493 e. The highest BCUT2D eigenvalue weighted by Crippen LogP contribution is 2.29. The van der Waals surface area contributed by atoms with Gasteiger partial charge >= 0.3 is 5.97 Å². The van der Waals surface area contributed by atoms with Gasteiger partial charge in [0.15, 0.2) is 11.5 Å². The lowest BCUT2D eigenvalue weighted by molar-refractivity contribution is -0.132. The number of aromatic nitrogens is 2. The molecule has 36 heavy (non-hydrogen) atoms. The van der Waals surface area contributed by atoms with Crippen LogP contribution in [0, 0.1) is 0 Å². The first kappa shape index (κ1) is 24.3. The lowest BCUT2D eigenvalue weighted by Gasteiger charge is -2.12. The van der Waals surface area contributed by atoms with E-state index in [1.54, 1.807) is 36.8 Å². The van der Waals surface area contributed by atoms with Gasteiger partial charge in [0, 0.05) is 42.3 Å². The number of amides is 1. The van der Waals surface area contributed by atoms with E-state index >= 15 is 0 Å². The molecule has 0 aliphatic rings. The molecular weight excluding hydrogens is 458 g/mol. The number of carbonyl (C=O) groups excluding carboxylic acids is 2. The molecule has 1 N–H and O–H groups in total. The summed E-state index contributed by atoms with van der Waals surface area (Å²) in [5.74, 6) is 0.658. The zero-order valence-corrected chi connectivity index (χ0v) is 19.9. The number of nitrogens with zero attached hydrogens (tertiary/aromatic N) is 2. The number of ether oxygens (including phenoxy) is 3. The summed E-state index contributed by atoms with van der Waals surface area (Å²) in [4.78, 5) is 28.0. The van der Waals surface area contributed by atoms with Crippen LogP contribution in [0.1, 0.15) is 18.1 Å². The highest BCUT2D eigenvalue weighted by atomic mass is 16.6. The first-order chi connectivity index (χ1) is 17.5. The van der Waals surface area contributed by atoms with Gasteiger partial charge < -0.3 is 24.1 Å². The average molecular weight is 484 g/mol. The summed E-state index contributed by atoms with van der Waals surface area (Å²) in [6, 6.07) is 20.2. The fourth-order valence-electron chi connectivity index (χ4n) is 3.43. The molecule has 8 nitrogen and oxygen atoms in total. The van der Waals surface area contributed by atoms with Gasteiger partial charge in [-0.05, 0) is 54.1 Å². The molecule has 3 aromatic carbocycles. The first-order valence-corrected chi connectivity index (χ1v) is 11.2. The van der Waals surface area contributed by atoms with Crippen molar-refractivity contribution >= 4 is 23.6 Å². The molecule has 1 aromatic heterocycles. The van der Waals surface area contributed by atoms with Crippen LogP contribution in [-0.2, 0) is 16.2 Å². The first-order valence-electron chi connectivity index (χ1n) is 11.2. The number of para-hydroxylation sites is 1. The molecule has 0 bridgehead atoms. The average Bonchev–Trinajstić information content (AvgIpc) is 3.42. The third-order valence-electron chi connectivity index (χ3n) is 5.18. The minimum atomic E-state index is -0.458. The second-order valence-corrected chi connectivity index (χ2v) is 7.74. The molecule has 0 atom stereocenters. The van der Waals surface area contributed by atoms with Crippen LogP contribution in [0.5, 0.6) is 17.2 Å². The van der Waals surface area contributed by atoms with Crippen molar-refractivity contribution in [3.05, 3.63) is 103 Å². The summed E-state index contributed by atoms with van der Waals surface area (Å²) in [7, 11) is 1.49. The van der Waals surface area contributed by atoms with Crippen LogP contribution in [0.25, 0.3) is 11.8 Å². The monoisotopic (exact) mass is 483 g/mol. The molecule has 0 unspecified atom stereocenters. The lowest BCUT2D eigenvalue weighted by Crippen LogP contribution is -2.10. The number of methoxy groups -OCH3 is 1. The topological polar surface area (TPSA) is 91.7 Å². The zero-order valence-electron chi connectivity index (χ0n) is 19.9. The Bertz CT molecular complexity index is 1360. The van der Waals surface area contributed by atoms with E-state index in [0.717, 1.165) is 11.3 Å². The summed E-state index contributed by atoms with van der Waals surface area (Å²) in [6.45, 7) is 1.60. The van der Waals surface area contributed by atoms with Crippen molar-refractivity contribution < 1.29 is 23.8 Å². The molecule has 0 spiro atoms. The Hall–Kier alpha value is -4.85. The summed E-state index contributed by atoms with van der Waals surface area (Å²) in [5, 5.41) is 2.89. The maximum absolute atomic E-state index is 12.6. The van der Waals surface area contributed by atoms with Gasteiger partial charge in [0.2, 0.25) is 5.91 Å².